The summed E-state index contributed by atoms with van der Waals surface area (Å²) in [5.41, 5.74) is 0. The van der Waals surface area contributed by atoms with E-state index in [0.717, 1.165) is 0 Å². The van der Waals surface area contributed by atoms with Crippen molar-refractivity contribution in [2.24, 2.45) is 0 Å². The molecule has 0 aliphatic rings. The van der Waals surface area contributed by atoms with E-state index in [9.17, 15) is 14.4 Å². The van der Waals surface area contributed by atoms with Crippen molar-refractivity contribution in [2.75, 3.05) is 0 Å². The van der Waals surface area contributed by atoms with Gasteiger partial charge in [-0.05, 0) is 0 Å². The minimum atomic E-state index is -4.41. The van der Waals surface area contributed by atoms with Crippen molar-refractivity contribution in [1.82, 2.24) is 0 Å². The summed E-state index contributed by atoms with van der Waals surface area (Å²) in [5.74, 6) is 0. The Hall–Kier alpha value is 5.01. The Balaban J connectivity index is -0.0000000600. The molecular formula is C3H7K3O3Si. The molecule has 0 aromatic heterocycles. The van der Waals surface area contributed by atoms with Crippen molar-refractivity contribution in [3.8, 4) is 0 Å². The van der Waals surface area contributed by atoms with Crippen LogP contribution in [0.2, 0.25) is 6.04 Å². The molecule has 0 heterocycles. The Bertz CT molecular complexity index is 57.4. The van der Waals surface area contributed by atoms with Crippen LogP contribution in [0, 0.1) is 0 Å². The molecule has 0 unspecified atom stereocenters. The Morgan fingerprint density at radius 3 is 1.30 bits per heavy atom. The van der Waals surface area contributed by atoms with Gasteiger partial charge in [0.1, 0.15) is 0 Å². The molecule has 0 aliphatic heterocycles. The van der Waals surface area contributed by atoms with Crippen LogP contribution >= 0.6 is 0 Å². The molecule has 0 atom stereocenters. The summed E-state index contributed by atoms with van der Waals surface area (Å²) in [7, 11) is -4.41. The molecule has 0 spiro atoms. The molecule has 7 heteroatoms. The molecule has 0 amide bonds. The standard InChI is InChI=1S/C3H7O3Si.3K/c1-2-3-7(4,5)6;;;/h2-3H2,1H3;;;/q-3;3*+1. The maximum atomic E-state index is 9.73. The number of hydrogen-bond acceptors (Lipinski definition) is 3. The second kappa shape index (κ2) is 14.0. The molecule has 10 heavy (non-hydrogen) atoms. The molecule has 44 valence electrons. The zero-order valence-corrected chi connectivity index (χ0v) is 17.5. The number of rotatable bonds is 2. The third-order valence-corrected chi connectivity index (χ3v) is 1.67. The van der Waals surface area contributed by atoms with Gasteiger partial charge < -0.3 is 14.4 Å². The maximum absolute atomic E-state index is 9.73. The summed E-state index contributed by atoms with van der Waals surface area (Å²) in [6, 6.07) is -0.188. The number of hydrogen-bond donors (Lipinski definition) is 0. The van der Waals surface area contributed by atoms with E-state index in [2.05, 4.69) is 0 Å². The molecule has 0 saturated carbocycles. The molecule has 0 fully saturated rings. The summed E-state index contributed by atoms with van der Waals surface area (Å²) in [6.45, 7) is 1.66. The summed E-state index contributed by atoms with van der Waals surface area (Å²) >= 11 is 0. The van der Waals surface area contributed by atoms with Gasteiger partial charge in [-0.1, -0.05) is 13.3 Å². The summed E-state index contributed by atoms with van der Waals surface area (Å²) < 4.78 is 0. The zero-order chi connectivity index (χ0) is 5.91. The van der Waals surface area contributed by atoms with Gasteiger partial charge in [-0.2, -0.15) is 0 Å². The largest absolute Gasteiger partial charge is 1.00 e. The first-order valence-corrected chi connectivity index (χ1v) is 4.10. The second-order valence-corrected chi connectivity index (χ2v) is 3.30. The minimum Gasteiger partial charge on any atom is -0.881 e. The van der Waals surface area contributed by atoms with Crippen LogP contribution in [0.25, 0.3) is 0 Å². The van der Waals surface area contributed by atoms with Crippen molar-refractivity contribution in [3.05, 3.63) is 0 Å². The normalized spacial score (nSPS) is 8.40. The van der Waals surface area contributed by atoms with E-state index in [0.29, 0.717) is 6.42 Å². The summed E-state index contributed by atoms with van der Waals surface area (Å²) in [4.78, 5) is 29.2. The quantitative estimate of drug-likeness (QED) is 0.447. The van der Waals surface area contributed by atoms with E-state index in [1.54, 1.807) is 6.92 Å². The first kappa shape index (κ1) is 24.3. The van der Waals surface area contributed by atoms with Gasteiger partial charge in [0.2, 0.25) is 0 Å². The van der Waals surface area contributed by atoms with Crippen molar-refractivity contribution in [3.63, 3.8) is 0 Å². The molecule has 0 aliphatic carbocycles. The second-order valence-electron chi connectivity index (χ2n) is 1.43. The average molecular weight is 236 g/mol. The van der Waals surface area contributed by atoms with E-state index in [-0.39, 0.29) is 160 Å². The SMILES string of the molecule is CCC[Si]([O-])([O-])[O-].[K+].[K+].[K+]. The molecule has 0 aromatic carbocycles. The monoisotopic (exact) mass is 236 g/mol. The third-order valence-electron chi connectivity index (χ3n) is 0.556. The molecule has 0 rings (SSSR count). The van der Waals surface area contributed by atoms with Gasteiger partial charge in [0.15, 0.2) is 0 Å². The van der Waals surface area contributed by atoms with E-state index in [1.165, 1.54) is 0 Å². The molecule has 0 bridgehead atoms. The predicted octanol–water partition coefficient (Wildman–Crippen LogP) is -11.6. The summed E-state index contributed by atoms with van der Waals surface area (Å²) in [6.07, 6.45) is 0.433. The first-order chi connectivity index (χ1) is 3.06. The van der Waals surface area contributed by atoms with Crippen LogP contribution in [0.5, 0.6) is 0 Å². The fourth-order valence-corrected chi connectivity index (χ4v) is 0.919. The van der Waals surface area contributed by atoms with E-state index in [4.69, 9.17) is 0 Å². The molecule has 0 N–H and O–H groups in total. The van der Waals surface area contributed by atoms with E-state index in [1.807, 2.05) is 0 Å². The Labute approximate surface area is 190 Å². The molecular weight excluding hydrogens is 229 g/mol. The van der Waals surface area contributed by atoms with E-state index < -0.39 is 8.80 Å². The fraction of sp³-hybridized carbons (Fsp3) is 1.00. The topological polar surface area (TPSA) is 69.2 Å². The predicted molar refractivity (Wildman–Crippen MR) is 20.9 cm³/mol. The van der Waals surface area contributed by atoms with E-state index >= 15 is 0 Å². The van der Waals surface area contributed by atoms with Gasteiger partial charge in [-0.25, -0.2) is 0 Å². The van der Waals surface area contributed by atoms with Gasteiger partial charge in [0.05, 0.1) is 0 Å². The van der Waals surface area contributed by atoms with Gasteiger partial charge in [-0.3, -0.25) is 8.80 Å². The van der Waals surface area contributed by atoms with Gasteiger partial charge in [0.25, 0.3) is 0 Å². The maximum Gasteiger partial charge on any atom is 1.00 e. The van der Waals surface area contributed by atoms with Crippen LogP contribution in [0.3, 0.4) is 0 Å². The first-order valence-electron chi connectivity index (χ1n) is 2.17. The van der Waals surface area contributed by atoms with Gasteiger partial charge >= 0.3 is 154 Å². The molecule has 0 radical (unpaired) electrons. The zero-order valence-electron chi connectivity index (χ0n) is 7.14. The molecule has 0 aromatic rings. The van der Waals surface area contributed by atoms with Crippen molar-refractivity contribution in [1.29, 1.82) is 0 Å². The minimum absolute atomic E-state index is 0. The van der Waals surface area contributed by atoms with Crippen LogP contribution < -0.4 is 169 Å². The van der Waals surface area contributed by atoms with Crippen molar-refractivity contribution < 1.29 is 169 Å². The molecule has 0 saturated heterocycles. The average Bonchev–Trinajstić information content (AvgIpc) is 1.30. The fourth-order valence-electron chi connectivity index (χ4n) is 0.306. The Kier molecular flexibility index (Phi) is 34.0. The third kappa shape index (κ3) is 23.1. The Morgan fingerprint density at radius 1 is 1.00 bits per heavy atom. The van der Waals surface area contributed by atoms with Crippen molar-refractivity contribution >= 4 is 8.80 Å². The summed E-state index contributed by atoms with van der Waals surface area (Å²) in [5, 5.41) is 0. The smallest absolute Gasteiger partial charge is 0.881 e. The molecule has 3 nitrogen and oxygen atoms in total. The van der Waals surface area contributed by atoms with Crippen LogP contribution in [0.15, 0.2) is 0 Å². The van der Waals surface area contributed by atoms with Crippen LogP contribution in [-0.4, -0.2) is 8.80 Å². The van der Waals surface area contributed by atoms with Crippen LogP contribution in [-0.2, 0) is 0 Å². The van der Waals surface area contributed by atoms with Crippen molar-refractivity contribution in [2.45, 2.75) is 19.4 Å². The van der Waals surface area contributed by atoms with Gasteiger partial charge in [0, 0.05) is 0 Å². The van der Waals surface area contributed by atoms with Gasteiger partial charge in [-0.15, -0.1) is 6.04 Å². The van der Waals surface area contributed by atoms with Crippen LogP contribution in [0.4, 0.5) is 0 Å². The Morgan fingerprint density at radius 2 is 1.30 bits per heavy atom. The van der Waals surface area contributed by atoms with Crippen LogP contribution in [0.1, 0.15) is 13.3 Å².